The summed E-state index contributed by atoms with van der Waals surface area (Å²) in [5.41, 5.74) is 0.346. The van der Waals surface area contributed by atoms with E-state index < -0.39 is 33.2 Å². The molecule has 2 aromatic rings. The van der Waals surface area contributed by atoms with Crippen LogP contribution in [0.3, 0.4) is 0 Å². The number of benzene rings is 2. The number of sulfonamides is 1. The third-order valence-electron chi connectivity index (χ3n) is 5.67. The highest BCUT2D eigenvalue weighted by Gasteiger charge is 2.37. The summed E-state index contributed by atoms with van der Waals surface area (Å²) >= 11 is 5.81. The minimum atomic E-state index is -4.09. The molecule has 33 heavy (non-hydrogen) atoms. The number of aromatic hydroxyl groups is 2. The number of halogens is 2. The predicted molar refractivity (Wildman–Crippen MR) is 117 cm³/mol. The van der Waals surface area contributed by atoms with Crippen LogP contribution in [0, 0.1) is 5.82 Å². The molecule has 0 saturated carbocycles. The van der Waals surface area contributed by atoms with Crippen LogP contribution >= 0.6 is 11.6 Å². The summed E-state index contributed by atoms with van der Waals surface area (Å²) < 4.78 is 47.3. The largest absolute Gasteiger partial charge is 0.504 e. The maximum atomic E-state index is 13.4. The standard InChI is InChI=1S/C21H23ClFN3O6S/c22-15-9-13(1-2-16(15)23)11-26-12-14-18(10-17(27)20(28)19(14)21(26)29)33(30,31)24-3-4-25-5-7-32-8-6-25/h1-2,9-10,24,27-28H,3-8,11-12H2. The van der Waals surface area contributed by atoms with Crippen molar-refractivity contribution < 1.29 is 32.6 Å². The van der Waals surface area contributed by atoms with E-state index in [1.54, 1.807) is 0 Å². The van der Waals surface area contributed by atoms with Crippen molar-refractivity contribution in [1.82, 2.24) is 14.5 Å². The average Bonchev–Trinajstić information content (AvgIpc) is 3.10. The molecule has 0 radical (unpaired) electrons. The van der Waals surface area contributed by atoms with Gasteiger partial charge >= 0.3 is 0 Å². The summed E-state index contributed by atoms with van der Waals surface area (Å²) in [6.07, 6.45) is 0. The number of hydrogen-bond acceptors (Lipinski definition) is 7. The van der Waals surface area contributed by atoms with E-state index in [1.165, 1.54) is 23.1 Å². The van der Waals surface area contributed by atoms with Gasteiger partial charge < -0.3 is 19.8 Å². The minimum absolute atomic E-state index is 0.0116. The molecule has 2 aliphatic heterocycles. The Kier molecular flexibility index (Phi) is 6.78. The quantitative estimate of drug-likeness (QED) is 0.495. The fraction of sp³-hybridized carbons (Fsp3) is 0.381. The molecule has 0 bridgehead atoms. The lowest BCUT2D eigenvalue weighted by Crippen LogP contribution is -2.41. The molecule has 1 amide bonds. The van der Waals surface area contributed by atoms with Gasteiger partial charge in [0.2, 0.25) is 10.0 Å². The topological polar surface area (TPSA) is 119 Å². The SMILES string of the molecule is O=C1c2c(O)c(O)cc(S(=O)(=O)NCCN3CCOCC3)c2CN1Cc1ccc(F)c(Cl)c1. The maximum absolute atomic E-state index is 13.4. The number of ether oxygens (including phenoxy) is 1. The van der Waals surface area contributed by atoms with E-state index in [-0.39, 0.29) is 40.7 Å². The number of nitrogens with one attached hydrogen (secondary N) is 1. The van der Waals surface area contributed by atoms with Gasteiger partial charge in [-0.25, -0.2) is 17.5 Å². The summed E-state index contributed by atoms with van der Waals surface area (Å²) in [4.78, 5) is 16.0. The monoisotopic (exact) mass is 499 g/mol. The first-order valence-corrected chi connectivity index (χ1v) is 12.1. The molecule has 3 N–H and O–H groups in total. The highest BCUT2D eigenvalue weighted by atomic mass is 35.5. The Balaban J connectivity index is 1.56. The first kappa shape index (κ1) is 23.7. The van der Waals surface area contributed by atoms with Gasteiger partial charge in [0.25, 0.3) is 5.91 Å². The van der Waals surface area contributed by atoms with E-state index >= 15 is 0 Å². The molecule has 178 valence electrons. The summed E-state index contributed by atoms with van der Waals surface area (Å²) in [5, 5.41) is 20.3. The number of hydrogen-bond donors (Lipinski definition) is 3. The Labute approximate surface area is 195 Å². The predicted octanol–water partition coefficient (Wildman–Crippen LogP) is 1.66. The second-order valence-corrected chi connectivity index (χ2v) is 10.0. The van der Waals surface area contributed by atoms with Crippen LogP contribution in [-0.4, -0.2) is 73.7 Å². The van der Waals surface area contributed by atoms with Crippen molar-refractivity contribution in [3.63, 3.8) is 0 Å². The Bertz CT molecular complexity index is 1190. The molecular weight excluding hydrogens is 477 g/mol. The number of rotatable bonds is 7. The number of phenols is 2. The normalized spacial score (nSPS) is 16.9. The van der Waals surface area contributed by atoms with Gasteiger partial charge in [0.15, 0.2) is 11.5 Å². The molecule has 9 nitrogen and oxygen atoms in total. The smallest absolute Gasteiger partial charge is 0.258 e. The van der Waals surface area contributed by atoms with Crippen LogP contribution < -0.4 is 4.72 Å². The molecule has 0 aliphatic carbocycles. The molecule has 4 rings (SSSR count). The highest BCUT2D eigenvalue weighted by Crippen LogP contribution is 2.41. The van der Waals surface area contributed by atoms with Crippen LogP contribution in [0.25, 0.3) is 0 Å². The van der Waals surface area contributed by atoms with Crippen LogP contribution in [0.1, 0.15) is 21.5 Å². The van der Waals surface area contributed by atoms with Crippen molar-refractivity contribution in [2.24, 2.45) is 0 Å². The number of carbonyl (C=O) groups is 1. The number of amides is 1. The molecule has 2 aliphatic rings. The van der Waals surface area contributed by atoms with Gasteiger partial charge in [0.05, 0.1) is 28.7 Å². The zero-order valence-corrected chi connectivity index (χ0v) is 19.1. The first-order valence-electron chi connectivity index (χ1n) is 10.3. The molecule has 1 fully saturated rings. The molecule has 0 unspecified atom stereocenters. The lowest BCUT2D eigenvalue weighted by Gasteiger charge is -2.26. The fourth-order valence-corrected chi connectivity index (χ4v) is 5.42. The van der Waals surface area contributed by atoms with Crippen molar-refractivity contribution in [3.05, 3.63) is 51.8 Å². The van der Waals surface area contributed by atoms with Gasteiger partial charge in [-0.1, -0.05) is 17.7 Å². The van der Waals surface area contributed by atoms with Crippen LogP contribution in [0.4, 0.5) is 4.39 Å². The summed E-state index contributed by atoms with van der Waals surface area (Å²) in [6.45, 7) is 3.08. The maximum Gasteiger partial charge on any atom is 0.258 e. The first-order chi connectivity index (χ1) is 15.7. The third kappa shape index (κ3) is 4.92. The Morgan fingerprint density at radius 2 is 1.91 bits per heavy atom. The molecule has 2 aromatic carbocycles. The van der Waals surface area contributed by atoms with Crippen molar-refractivity contribution in [2.75, 3.05) is 39.4 Å². The zero-order chi connectivity index (χ0) is 23.8. The van der Waals surface area contributed by atoms with Gasteiger partial charge in [0.1, 0.15) is 5.82 Å². The second kappa shape index (κ2) is 9.43. The highest BCUT2D eigenvalue weighted by molar-refractivity contribution is 7.89. The van der Waals surface area contributed by atoms with Crippen molar-refractivity contribution in [1.29, 1.82) is 0 Å². The van der Waals surface area contributed by atoms with Gasteiger partial charge in [0, 0.05) is 50.9 Å². The molecule has 1 saturated heterocycles. The molecule has 0 aromatic heterocycles. The minimum Gasteiger partial charge on any atom is -0.504 e. The van der Waals surface area contributed by atoms with Gasteiger partial charge in [-0.3, -0.25) is 9.69 Å². The van der Waals surface area contributed by atoms with Crippen LogP contribution in [0.5, 0.6) is 11.5 Å². The van der Waals surface area contributed by atoms with E-state index in [0.717, 1.165) is 6.07 Å². The lowest BCUT2D eigenvalue weighted by atomic mass is 10.1. The van der Waals surface area contributed by atoms with E-state index in [0.29, 0.717) is 38.4 Å². The van der Waals surface area contributed by atoms with E-state index in [1.807, 2.05) is 0 Å². The van der Waals surface area contributed by atoms with Crippen molar-refractivity contribution >= 4 is 27.5 Å². The average molecular weight is 500 g/mol. The molecule has 2 heterocycles. The van der Waals surface area contributed by atoms with Crippen LogP contribution in [0.2, 0.25) is 5.02 Å². The van der Waals surface area contributed by atoms with Crippen molar-refractivity contribution in [3.8, 4) is 11.5 Å². The Morgan fingerprint density at radius 1 is 1.18 bits per heavy atom. The van der Waals surface area contributed by atoms with Gasteiger partial charge in [-0.05, 0) is 17.7 Å². The zero-order valence-electron chi connectivity index (χ0n) is 17.6. The number of carbonyl (C=O) groups excluding carboxylic acids is 1. The van der Waals surface area contributed by atoms with Gasteiger partial charge in [-0.15, -0.1) is 0 Å². The van der Waals surface area contributed by atoms with E-state index in [9.17, 15) is 27.8 Å². The van der Waals surface area contributed by atoms with Crippen LogP contribution in [0.15, 0.2) is 29.2 Å². The number of morpholine rings is 1. The van der Waals surface area contributed by atoms with E-state index in [4.69, 9.17) is 16.3 Å². The Morgan fingerprint density at radius 3 is 2.61 bits per heavy atom. The number of nitrogens with zero attached hydrogens (tertiary/aromatic N) is 2. The third-order valence-corrected chi connectivity index (χ3v) is 7.48. The molecule has 0 spiro atoms. The molecular formula is C21H23ClFN3O6S. The number of phenolic OH excluding ortho intramolecular Hbond substituents is 2. The van der Waals surface area contributed by atoms with Crippen LogP contribution in [-0.2, 0) is 27.8 Å². The van der Waals surface area contributed by atoms with Gasteiger partial charge in [-0.2, -0.15) is 0 Å². The van der Waals surface area contributed by atoms with E-state index in [2.05, 4.69) is 9.62 Å². The number of fused-ring (bicyclic) bond motifs is 1. The Hall–Kier alpha value is -2.44. The van der Waals surface area contributed by atoms with Crippen molar-refractivity contribution in [2.45, 2.75) is 18.0 Å². The lowest BCUT2D eigenvalue weighted by molar-refractivity contribution is 0.0390. The second-order valence-electron chi connectivity index (χ2n) is 7.86. The summed E-state index contributed by atoms with van der Waals surface area (Å²) in [7, 11) is -4.09. The summed E-state index contributed by atoms with van der Waals surface area (Å²) in [6, 6.07) is 4.94. The molecule has 12 heteroatoms. The molecule has 0 atom stereocenters. The fourth-order valence-electron chi connectivity index (χ4n) is 3.95. The summed E-state index contributed by atoms with van der Waals surface area (Å²) in [5.74, 6) is -2.64.